The fourth-order valence-corrected chi connectivity index (χ4v) is 1.73. The first-order valence-corrected chi connectivity index (χ1v) is 5.45. The molecule has 0 saturated heterocycles. The number of unbranched alkanes of at least 4 members (excludes halogenated alkanes) is 1. The molecular weight excluding hydrogens is 144 g/mol. The molecule has 1 radical (unpaired) electrons. The molecule has 0 heteroatoms. The van der Waals surface area contributed by atoms with Crippen LogP contribution in [0.25, 0.3) is 0 Å². The Hall–Kier alpha value is -0.260. The lowest BCUT2D eigenvalue weighted by atomic mass is 9.96. The quantitative estimate of drug-likeness (QED) is 0.586. The van der Waals surface area contributed by atoms with E-state index in [9.17, 15) is 0 Å². The Kier molecular flexibility index (Phi) is 5.14. The molecule has 69 valence electrons. The molecule has 0 aromatic heterocycles. The van der Waals surface area contributed by atoms with Crippen molar-refractivity contribution in [2.45, 2.75) is 58.3 Å². The first-order chi connectivity index (χ1) is 5.93. The van der Waals surface area contributed by atoms with Crippen LogP contribution in [0.3, 0.4) is 0 Å². The van der Waals surface area contributed by atoms with Gasteiger partial charge < -0.3 is 0 Å². The lowest BCUT2D eigenvalue weighted by molar-refractivity contribution is 0.624. The SMILES string of the molecule is CCC[CH]/C1=C/CCCCCC1. The molecular formula is C12H21. The summed E-state index contributed by atoms with van der Waals surface area (Å²) >= 11 is 0. The largest absolute Gasteiger partial charge is 0.0850 e. The molecule has 0 atom stereocenters. The van der Waals surface area contributed by atoms with Crippen molar-refractivity contribution in [3.8, 4) is 0 Å². The highest BCUT2D eigenvalue weighted by Gasteiger charge is 2.01. The summed E-state index contributed by atoms with van der Waals surface area (Å²) in [5.41, 5.74) is 1.62. The summed E-state index contributed by atoms with van der Waals surface area (Å²) in [6.45, 7) is 2.25. The van der Waals surface area contributed by atoms with Crippen LogP contribution in [0.1, 0.15) is 58.3 Å². The van der Waals surface area contributed by atoms with Gasteiger partial charge in [-0.05, 0) is 38.5 Å². The van der Waals surface area contributed by atoms with Crippen molar-refractivity contribution in [2.24, 2.45) is 0 Å². The van der Waals surface area contributed by atoms with Crippen molar-refractivity contribution < 1.29 is 0 Å². The van der Waals surface area contributed by atoms with E-state index in [1.165, 1.54) is 51.4 Å². The molecule has 0 aliphatic heterocycles. The van der Waals surface area contributed by atoms with Gasteiger partial charge in [0.1, 0.15) is 0 Å². The maximum atomic E-state index is 2.45. The molecule has 0 saturated carbocycles. The van der Waals surface area contributed by atoms with E-state index in [1.807, 2.05) is 0 Å². The van der Waals surface area contributed by atoms with Gasteiger partial charge in [-0.2, -0.15) is 0 Å². The summed E-state index contributed by atoms with van der Waals surface area (Å²) in [7, 11) is 0. The average Bonchev–Trinajstić information content (AvgIpc) is 2.02. The molecule has 0 nitrogen and oxygen atoms in total. The van der Waals surface area contributed by atoms with Crippen LogP contribution in [0.15, 0.2) is 11.6 Å². The molecule has 1 aliphatic rings. The van der Waals surface area contributed by atoms with Gasteiger partial charge in [0.25, 0.3) is 0 Å². The van der Waals surface area contributed by atoms with E-state index < -0.39 is 0 Å². The van der Waals surface area contributed by atoms with E-state index in [2.05, 4.69) is 19.4 Å². The normalized spacial score (nSPS) is 23.9. The highest BCUT2D eigenvalue weighted by Crippen LogP contribution is 2.20. The standard InChI is InChI=1S/C12H21/c1-2-3-9-12-10-7-5-4-6-8-11-12/h9-10H,2-8,11H2,1H3/b12-10-. The lowest BCUT2D eigenvalue weighted by Crippen LogP contribution is -1.91. The topological polar surface area (TPSA) is 0 Å². The molecule has 0 aromatic rings. The second kappa shape index (κ2) is 6.28. The third-order valence-corrected chi connectivity index (χ3v) is 2.52. The monoisotopic (exact) mass is 165 g/mol. The molecule has 0 spiro atoms. The summed E-state index contributed by atoms with van der Waals surface area (Å²) < 4.78 is 0. The van der Waals surface area contributed by atoms with Gasteiger partial charge >= 0.3 is 0 Å². The van der Waals surface area contributed by atoms with Crippen LogP contribution in [0.4, 0.5) is 0 Å². The lowest BCUT2D eigenvalue weighted by Gasteiger charge is -2.10. The van der Waals surface area contributed by atoms with Crippen molar-refractivity contribution in [1.82, 2.24) is 0 Å². The second-order valence-electron chi connectivity index (χ2n) is 3.72. The summed E-state index contributed by atoms with van der Waals surface area (Å²) in [6.07, 6.45) is 15.8. The third-order valence-electron chi connectivity index (χ3n) is 2.52. The smallest absolute Gasteiger partial charge is 0.0138 e. The van der Waals surface area contributed by atoms with E-state index >= 15 is 0 Å². The Morgan fingerprint density at radius 3 is 2.92 bits per heavy atom. The Morgan fingerprint density at radius 1 is 1.25 bits per heavy atom. The number of hydrogen-bond donors (Lipinski definition) is 0. The Bertz CT molecular complexity index is 133. The minimum absolute atomic E-state index is 1.27. The zero-order chi connectivity index (χ0) is 8.65. The van der Waals surface area contributed by atoms with Crippen molar-refractivity contribution in [2.75, 3.05) is 0 Å². The molecule has 0 aromatic carbocycles. The second-order valence-corrected chi connectivity index (χ2v) is 3.72. The average molecular weight is 165 g/mol. The zero-order valence-electron chi connectivity index (χ0n) is 8.31. The van der Waals surface area contributed by atoms with Gasteiger partial charge in [0, 0.05) is 0 Å². The first-order valence-electron chi connectivity index (χ1n) is 5.45. The van der Waals surface area contributed by atoms with Gasteiger partial charge in [-0.3, -0.25) is 0 Å². The molecule has 0 heterocycles. The molecule has 1 aliphatic carbocycles. The van der Waals surface area contributed by atoms with Crippen LogP contribution in [-0.4, -0.2) is 0 Å². The molecule has 0 N–H and O–H groups in total. The predicted octanol–water partition coefficient (Wildman–Crippen LogP) is 4.27. The van der Waals surface area contributed by atoms with E-state index in [1.54, 1.807) is 5.57 Å². The van der Waals surface area contributed by atoms with Gasteiger partial charge in [-0.1, -0.05) is 37.8 Å². The maximum absolute atomic E-state index is 2.45. The van der Waals surface area contributed by atoms with Gasteiger partial charge in [0.2, 0.25) is 0 Å². The molecule has 0 amide bonds. The predicted molar refractivity (Wildman–Crippen MR) is 55.0 cm³/mol. The van der Waals surface area contributed by atoms with Crippen LogP contribution in [0.2, 0.25) is 0 Å². The first kappa shape index (κ1) is 9.83. The van der Waals surface area contributed by atoms with Crippen LogP contribution in [-0.2, 0) is 0 Å². The fourth-order valence-electron chi connectivity index (χ4n) is 1.73. The van der Waals surface area contributed by atoms with Crippen molar-refractivity contribution >= 4 is 0 Å². The minimum Gasteiger partial charge on any atom is -0.0850 e. The summed E-state index contributed by atoms with van der Waals surface area (Å²) in [5.74, 6) is 0. The maximum Gasteiger partial charge on any atom is -0.0138 e. The van der Waals surface area contributed by atoms with Crippen molar-refractivity contribution in [3.63, 3.8) is 0 Å². The highest BCUT2D eigenvalue weighted by atomic mass is 14.1. The van der Waals surface area contributed by atoms with E-state index in [0.29, 0.717) is 0 Å². The van der Waals surface area contributed by atoms with E-state index in [4.69, 9.17) is 0 Å². The Balaban J connectivity index is 2.26. The molecule has 12 heavy (non-hydrogen) atoms. The van der Waals surface area contributed by atoms with Crippen LogP contribution < -0.4 is 0 Å². The van der Waals surface area contributed by atoms with Gasteiger partial charge in [0.15, 0.2) is 0 Å². The zero-order valence-corrected chi connectivity index (χ0v) is 8.31. The Labute approximate surface area is 77.1 Å². The number of rotatable bonds is 3. The minimum atomic E-state index is 1.27. The number of allylic oxidation sites excluding steroid dienone is 2. The van der Waals surface area contributed by atoms with Gasteiger partial charge in [-0.15, -0.1) is 0 Å². The molecule has 1 rings (SSSR count). The fraction of sp³-hybridized carbons (Fsp3) is 0.750. The van der Waals surface area contributed by atoms with E-state index in [-0.39, 0.29) is 0 Å². The van der Waals surface area contributed by atoms with Crippen molar-refractivity contribution in [1.29, 1.82) is 0 Å². The van der Waals surface area contributed by atoms with Crippen LogP contribution in [0.5, 0.6) is 0 Å². The molecule has 0 unspecified atom stereocenters. The summed E-state index contributed by atoms with van der Waals surface area (Å²) in [5, 5.41) is 0. The summed E-state index contributed by atoms with van der Waals surface area (Å²) in [6, 6.07) is 0. The Morgan fingerprint density at radius 2 is 2.08 bits per heavy atom. The van der Waals surface area contributed by atoms with E-state index in [0.717, 1.165) is 0 Å². The van der Waals surface area contributed by atoms with Crippen molar-refractivity contribution in [3.05, 3.63) is 18.1 Å². The van der Waals surface area contributed by atoms with Gasteiger partial charge in [-0.25, -0.2) is 0 Å². The number of hydrogen-bond acceptors (Lipinski definition) is 0. The molecule has 0 bridgehead atoms. The van der Waals surface area contributed by atoms with Crippen LogP contribution >= 0.6 is 0 Å². The van der Waals surface area contributed by atoms with Crippen LogP contribution in [0, 0.1) is 6.42 Å². The third kappa shape index (κ3) is 3.94. The van der Waals surface area contributed by atoms with Gasteiger partial charge in [0.05, 0.1) is 0 Å². The highest BCUT2D eigenvalue weighted by molar-refractivity contribution is 5.13. The summed E-state index contributed by atoms with van der Waals surface area (Å²) in [4.78, 5) is 0. The molecule has 0 fully saturated rings.